The Morgan fingerprint density at radius 3 is 2.73 bits per heavy atom. The smallest absolute Gasteiger partial charge is 0.0656 e. The average Bonchev–Trinajstić information content (AvgIpc) is 2.41. The minimum absolute atomic E-state index is 0.0919. The van der Waals surface area contributed by atoms with Crippen LogP contribution in [-0.4, -0.2) is 0 Å². The summed E-state index contributed by atoms with van der Waals surface area (Å²) in [6.45, 7) is 12.9. The fraction of sp³-hybridized carbons (Fsp3) is 0.643. The van der Waals surface area contributed by atoms with Gasteiger partial charge in [0.15, 0.2) is 0 Å². The van der Waals surface area contributed by atoms with Gasteiger partial charge in [-0.2, -0.15) is 5.26 Å². The van der Waals surface area contributed by atoms with Crippen LogP contribution in [0.25, 0.3) is 0 Å². The molecule has 0 radical (unpaired) electrons. The molecular weight excluding hydrogens is 182 g/mol. The van der Waals surface area contributed by atoms with Crippen molar-refractivity contribution in [3.05, 3.63) is 23.8 Å². The van der Waals surface area contributed by atoms with E-state index in [0.717, 1.165) is 12.8 Å². The number of nitriles is 1. The normalized spacial score (nSPS) is 25.5. The van der Waals surface area contributed by atoms with Gasteiger partial charge < -0.3 is 0 Å². The average molecular weight is 203 g/mol. The van der Waals surface area contributed by atoms with Gasteiger partial charge in [-0.3, -0.25) is 0 Å². The summed E-state index contributed by atoms with van der Waals surface area (Å²) < 4.78 is 0. The Labute approximate surface area is 93.5 Å². The zero-order valence-corrected chi connectivity index (χ0v) is 10.3. The van der Waals surface area contributed by atoms with E-state index in [1.807, 2.05) is 6.92 Å². The molecule has 0 bridgehead atoms. The Bertz CT molecular complexity index is 328. The SMILES string of the molecule is C=C(CC(C)C#N)C1CC=C(C)C1(C)C. The molecule has 0 aromatic carbocycles. The molecule has 15 heavy (non-hydrogen) atoms. The summed E-state index contributed by atoms with van der Waals surface area (Å²) in [6.07, 6.45) is 4.24. The summed E-state index contributed by atoms with van der Waals surface area (Å²) in [7, 11) is 0. The van der Waals surface area contributed by atoms with Crippen LogP contribution in [0.4, 0.5) is 0 Å². The molecule has 2 unspecified atom stereocenters. The third kappa shape index (κ3) is 2.31. The standard InChI is InChI=1S/C14H21N/c1-10(9-15)8-11(2)13-7-6-12(3)14(13,4)5/h6,10,13H,2,7-8H2,1,3-5H3. The predicted octanol–water partition coefficient (Wildman–Crippen LogP) is 4.08. The Kier molecular flexibility index (Phi) is 3.39. The molecule has 0 saturated heterocycles. The van der Waals surface area contributed by atoms with Crippen molar-refractivity contribution >= 4 is 0 Å². The van der Waals surface area contributed by atoms with Crippen molar-refractivity contribution in [1.29, 1.82) is 5.26 Å². The van der Waals surface area contributed by atoms with Crippen LogP contribution < -0.4 is 0 Å². The second-order valence-corrected chi connectivity index (χ2v) is 5.29. The summed E-state index contributed by atoms with van der Waals surface area (Å²) >= 11 is 0. The first-order valence-corrected chi connectivity index (χ1v) is 5.64. The van der Waals surface area contributed by atoms with Crippen LogP contribution in [0.2, 0.25) is 0 Å². The Balaban J connectivity index is 2.69. The summed E-state index contributed by atoms with van der Waals surface area (Å²) in [5.41, 5.74) is 2.92. The monoisotopic (exact) mass is 203 g/mol. The lowest BCUT2D eigenvalue weighted by atomic mass is 9.73. The molecule has 1 rings (SSSR count). The molecular formula is C14H21N. The highest BCUT2D eigenvalue weighted by molar-refractivity contribution is 5.25. The summed E-state index contributed by atoms with van der Waals surface area (Å²) in [5.74, 6) is 0.613. The molecule has 0 heterocycles. The quantitative estimate of drug-likeness (QED) is 0.634. The molecule has 82 valence electrons. The highest BCUT2D eigenvalue weighted by Crippen LogP contribution is 2.47. The molecule has 0 aromatic heterocycles. The first-order chi connectivity index (χ1) is 6.89. The summed E-state index contributed by atoms with van der Waals surface area (Å²) in [5, 5.41) is 8.80. The van der Waals surface area contributed by atoms with E-state index in [-0.39, 0.29) is 11.3 Å². The van der Waals surface area contributed by atoms with E-state index in [0.29, 0.717) is 5.92 Å². The topological polar surface area (TPSA) is 23.8 Å². The van der Waals surface area contributed by atoms with Crippen LogP contribution >= 0.6 is 0 Å². The largest absolute Gasteiger partial charge is 0.198 e. The molecule has 1 nitrogen and oxygen atoms in total. The number of allylic oxidation sites excluding steroid dienone is 3. The van der Waals surface area contributed by atoms with E-state index in [1.54, 1.807) is 0 Å². The number of hydrogen-bond acceptors (Lipinski definition) is 1. The number of rotatable bonds is 3. The van der Waals surface area contributed by atoms with E-state index in [4.69, 9.17) is 5.26 Å². The minimum atomic E-state index is 0.0919. The number of hydrogen-bond donors (Lipinski definition) is 0. The van der Waals surface area contributed by atoms with Gasteiger partial charge in [-0.1, -0.05) is 37.6 Å². The van der Waals surface area contributed by atoms with Crippen LogP contribution in [0, 0.1) is 28.6 Å². The molecule has 0 fully saturated rings. The van der Waals surface area contributed by atoms with E-state index < -0.39 is 0 Å². The minimum Gasteiger partial charge on any atom is -0.198 e. The molecule has 2 atom stereocenters. The van der Waals surface area contributed by atoms with Gasteiger partial charge in [-0.15, -0.1) is 0 Å². The van der Waals surface area contributed by atoms with Crippen molar-refractivity contribution in [2.75, 3.05) is 0 Å². The highest BCUT2D eigenvalue weighted by atomic mass is 14.4. The zero-order chi connectivity index (χ0) is 11.6. The van der Waals surface area contributed by atoms with Crippen molar-refractivity contribution < 1.29 is 0 Å². The predicted molar refractivity (Wildman–Crippen MR) is 64.2 cm³/mol. The summed E-state index contributed by atoms with van der Waals surface area (Å²) in [6, 6.07) is 2.28. The molecule has 0 spiro atoms. The van der Waals surface area contributed by atoms with Crippen molar-refractivity contribution in [2.24, 2.45) is 17.3 Å². The van der Waals surface area contributed by atoms with Crippen LogP contribution in [-0.2, 0) is 0 Å². The van der Waals surface area contributed by atoms with Gasteiger partial charge in [0.25, 0.3) is 0 Å². The Morgan fingerprint density at radius 2 is 2.33 bits per heavy atom. The fourth-order valence-corrected chi connectivity index (χ4v) is 2.39. The maximum atomic E-state index is 8.80. The molecule has 0 saturated carbocycles. The third-order valence-electron chi connectivity index (χ3n) is 3.83. The summed E-state index contributed by atoms with van der Waals surface area (Å²) in [4.78, 5) is 0. The Morgan fingerprint density at radius 1 is 1.73 bits per heavy atom. The van der Waals surface area contributed by atoms with Gasteiger partial charge >= 0.3 is 0 Å². The van der Waals surface area contributed by atoms with E-state index in [1.165, 1.54) is 11.1 Å². The van der Waals surface area contributed by atoms with Crippen LogP contribution in [0.15, 0.2) is 23.8 Å². The first kappa shape index (κ1) is 12.0. The van der Waals surface area contributed by atoms with Crippen LogP contribution in [0.3, 0.4) is 0 Å². The van der Waals surface area contributed by atoms with Gasteiger partial charge in [-0.25, -0.2) is 0 Å². The van der Waals surface area contributed by atoms with Crippen molar-refractivity contribution in [2.45, 2.75) is 40.5 Å². The molecule has 0 N–H and O–H groups in total. The maximum absolute atomic E-state index is 8.80. The molecule has 1 aliphatic rings. The van der Waals surface area contributed by atoms with E-state index in [2.05, 4.69) is 39.5 Å². The van der Waals surface area contributed by atoms with Crippen molar-refractivity contribution in [3.63, 3.8) is 0 Å². The lowest BCUT2D eigenvalue weighted by Crippen LogP contribution is -2.22. The van der Waals surface area contributed by atoms with Gasteiger partial charge in [0.05, 0.1) is 6.07 Å². The van der Waals surface area contributed by atoms with Crippen LogP contribution in [0.5, 0.6) is 0 Å². The van der Waals surface area contributed by atoms with E-state index in [9.17, 15) is 0 Å². The third-order valence-corrected chi connectivity index (χ3v) is 3.83. The lowest BCUT2D eigenvalue weighted by molar-refractivity contribution is 0.326. The van der Waals surface area contributed by atoms with Crippen molar-refractivity contribution in [3.8, 4) is 6.07 Å². The lowest BCUT2D eigenvalue weighted by Gasteiger charge is -2.31. The fourth-order valence-electron chi connectivity index (χ4n) is 2.39. The second-order valence-electron chi connectivity index (χ2n) is 5.29. The zero-order valence-electron chi connectivity index (χ0n) is 10.3. The molecule has 1 heteroatoms. The Hall–Kier alpha value is -1.03. The molecule has 0 aliphatic heterocycles. The van der Waals surface area contributed by atoms with E-state index >= 15 is 0 Å². The van der Waals surface area contributed by atoms with Gasteiger partial charge in [0.1, 0.15) is 0 Å². The molecule has 1 aliphatic carbocycles. The number of nitrogens with zero attached hydrogens (tertiary/aromatic N) is 1. The maximum Gasteiger partial charge on any atom is 0.0656 e. The molecule has 0 amide bonds. The van der Waals surface area contributed by atoms with Gasteiger partial charge in [-0.05, 0) is 38.0 Å². The van der Waals surface area contributed by atoms with Crippen molar-refractivity contribution in [1.82, 2.24) is 0 Å². The molecule has 0 aromatic rings. The highest BCUT2D eigenvalue weighted by Gasteiger charge is 2.36. The van der Waals surface area contributed by atoms with Gasteiger partial charge in [0.2, 0.25) is 0 Å². The first-order valence-electron chi connectivity index (χ1n) is 5.64. The second kappa shape index (κ2) is 4.23. The van der Waals surface area contributed by atoms with Gasteiger partial charge in [0, 0.05) is 5.92 Å². The van der Waals surface area contributed by atoms with Crippen LogP contribution in [0.1, 0.15) is 40.5 Å².